The van der Waals surface area contributed by atoms with Crippen LogP contribution in [0.3, 0.4) is 0 Å². The van der Waals surface area contributed by atoms with Crippen LogP contribution in [0.1, 0.15) is 24.6 Å². The summed E-state index contributed by atoms with van der Waals surface area (Å²) < 4.78 is 13.8. The third kappa shape index (κ3) is 3.25. The van der Waals surface area contributed by atoms with E-state index in [0.29, 0.717) is 27.7 Å². The molecule has 0 saturated heterocycles. The molecule has 0 atom stereocenters. The van der Waals surface area contributed by atoms with Gasteiger partial charge in [-0.3, -0.25) is 0 Å². The maximum absolute atomic E-state index is 13.2. The van der Waals surface area contributed by atoms with E-state index in [9.17, 15) is 4.39 Å². The van der Waals surface area contributed by atoms with Crippen LogP contribution < -0.4 is 16.6 Å². The number of nitrogens with one attached hydrogen (secondary N) is 2. The fourth-order valence-electron chi connectivity index (χ4n) is 1.92. The first-order chi connectivity index (χ1) is 10.1. The molecule has 1 fully saturated rings. The molecule has 21 heavy (non-hydrogen) atoms. The highest BCUT2D eigenvalue weighted by Crippen LogP contribution is 2.39. The van der Waals surface area contributed by atoms with Crippen molar-refractivity contribution >= 4 is 44.9 Å². The SMILES string of the molecule is NNc1cc(Nc2c(Cl)cc(F)cc2Br)nc(C2CC2)n1. The first-order valence-electron chi connectivity index (χ1n) is 6.34. The quantitative estimate of drug-likeness (QED) is 0.560. The molecule has 1 aromatic carbocycles. The second-order valence-electron chi connectivity index (χ2n) is 4.78. The van der Waals surface area contributed by atoms with Gasteiger partial charge in [0, 0.05) is 16.5 Å². The summed E-state index contributed by atoms with van der Waals surface area (Å²) in [6.07, 6.45) is 2.16. The molecule has 2 aromatic rings. The molecule has 1 heterocycles. The monoisotopic (exact) mass is 371 g/mol. The van der Waals surface area contributed by atoms with Crippen molar-refractivity contribution in [3.8, 4) is 0 Å². The van der Waals surface area contributed by atoms with Crippen LogP contribution in [-0.2, 0) is 0 Å². The molecule has 1 aliphatic carbocycles. The predicted molar refractivity (Wildman–Crippen MR) is 84.2 cm³/mol. The highest BCUT2D eigenvalue weighted by molar-refractivity contribution is 9.10. The number of anilines is 3. The van der Waals surface area contributed by atoms with Gasteiger partial charge in [0.05, 0.1) is 10.7 Å². The number of hydrazine groups is 1. The average Bonchev–Trinajstić information content (AvgIpc) is 3.27. The lowest BCUT2D eigenvalue weighted by Gasteiger charge is -2.12. The summed E-state index contributed by atoms with van der Waals surface area (Å²) in [5.41, 5.74) is 3.06. The van der Waals surface area contributed by atoms with Crippen LogP contribution >= 0.6 is 27.5 Å². The zero-order chi connectivity index (χ0) is 15.0. The molecule has 8 heteroatoms. The van der Waals surface area contributed by atoms with Crippen molar-refractivity contribution < 1.29 is 4.39 Å². The number of nitrogens with two attached hydrogens (primary N) is 1. The maximum atomic E-state index is 13.2. The summed E-state index contributed by atoms with van der Waals surface area (Å²) in [5.74, 6) is 7.20. The van der Waals surface area contributed by atoms with E-state index >= 15 is 0 Å². The lowest BCUT2D eigenvalue weighted by atomic mass is 10.3. The zero-order valence-corrected chi connectivity index (χ0v) is 13.2. The first kappa shape index (κ1) is 14.5. The van der Waals surface area contributed by atoms with Crippen molar-refractivity contribution in [1.29, 1.82) is 0 Å². The topological polar surface area (TPSA) is 75.9 Å². The van der Waals surface area contributed by atoms with Crippen LogP contribution in [0.15, 0.2) is 22.7 Å². The summed E-state index contributed by atoms with van der Waals surface area (Å²) in [7, 11) is 0. The normalized spacial score (nSPS) is 14.1. The minimum atomic E-state index is -0.414. The Morgan fingerprint density at radius 3 is 2.57 bits per heavy atom. The van der Waals surface area contributed by atoms with Crippen LogP contribution in [-0.4, -0.2) is 9.97 Å². The third-order valence-electron chi connectivity index (χ3n) is 3.09. The molecule has 0 amide bonds. The number of nitrogens with zero attached hydrogens (tertiary/aromatic N) is 2. The van der Waals surface area contributed by atoms with Crippen molar-refractivity contribution in [1.82, 2.24) is 9.97 Å². The Kier molecular flexibility index (Phi) is 3.97. The van der Waals surface area contributed by atoms with Crippen LogP contribution in [0.2, 0.25) is 5.02 Å². The molecule has 1 aliphatic rings. The summed E-state index contributed by atoms with van der Waals surface area (Å²) in [6.45, 7) is 0. The van der Waals surface area contributed by atoms with Crippen LogP contribution in [0.4, 0.5) is 21.7 Å². The van der Waals surface area contributed by atoms with E-state index in [4.69, 9.17) is 17.4 Å². The van der Waals surface area contributed by atoms with Gasteiger partial charge in [0.1, 0.15) is 23.3 Å². The lowest BCUT2D eigenvalue weighted by molar-refractivity contribution is 0.627. The third-order valence-corrected chi connectivity index (χ3v) is 4.02. The molecule has 110 valence electrons. The molecule has 1 saturated carbocycles. The number of hydrogen-bond acceptors (Lipinski definition) is 5. The van der Waals surface area contributed by atoms with Crippen molar-refractivity contribution in [3.63, 3.8) is 0 Å². The molecule has 0 bridgehead atoms. The van der Waals surface area contributed by atoms with E-state index < -0.39 is 5.82 Å². The van der Waals surface area contributed by atoms with E-state index in [2.05, 4.69) is 36.6 Å². The van der Waals surface area contributed by atoms with E-state index in [1.165, 1.54) is 12.1 Å². The Hall–Kier alpha value is -1.44. The standard InChI is InChI=1S/C13H12BrClFN5/c14-8-3-7(16)4-9(15)12(8)18-10-5-11(21-17)20-13(19-10)6-1-2-6/h3-6H,1-2,17H2,(H2,18,19,20,21). The first-order valence-corrected chi connectivity index (χ1v) is 7.51. The van der Waals surface area contributed by atoms with Gasteiger partial charge in [0.2, 0.25) is 0 Å². The lowest BCUT2D eigenvalue weighted by Crippen LogP contribution is -2.11. The van der Waals surface area contributed by atoms with Gasteiger partial charge in [-0.15, -0.1) is 0 Å². The van der Waals surface area contributed by atoms with Crippen molar-refractivity contribution in [3.05, 3.63) is 39.3 Å². The largest absolute Gasteiger partial charge is 0.338 e. The van der Waals surface area contributed by atoms with E-state index in [0.717, 1.165) is 18.7 Å². The number of benzene rings is 1. The molecule has 0 radical (unpaired) electrons. The minimum absolute atomic E-state index is 0.260. The average molecular weight is 373 g/mol. The van der Waals surface area contributed by atoms with Gasteiger partial charge in [-0.1, -0.05) is 11.6 Å². The van der Waals surface area contributed by atoms with E-state index in [1.54, 1.807) is 6.07 Å². The highest BCUT2D eigenvalue weighted by atomic mass is 79.9. The number of nitrogen functional groups attached to an aromatic ring is 1. The van der Waals surface area contributed by atoms with Crippen LogP contribution in [0.25, 0.3) is 0 Å². The Bertz CT molecular complexity index is 669. The van der Waals surface area contributed by atoms with Gasteiger partial charge in [0.25, 0.3) is 0 Å². The number of rotatable bonds is 4. The van der Waals surface area contributed by atoms with Gasteiger partial charge in [-0.2, -0.15) is 0 Å². The van der Waals surface area contributed by atoms with Gasteiger partial charge in [-0.25, -0.2) is 20.2 Å². The van der Waals surface area contributed by atoms with E-state index in [-0.39, 0.29) is 5.02 Å². The smallest absolute Gasteiger partial charge is 0.145 e. The second-order valence-corrected chi connectivity index (χ2v) is 6.05. The van der Waals surface area contributed by atoms with Crippen LogP contribution in [0, 0.1) is 5.82 Å². The fraction of sp³-hybridized carbons (Fsp3) is 0.231. The Morgan fingerprint density at radius 1 is 1.24 bits per heavy atom. The van der Waals surface area contributed by atoms with Gasteiger partial charge < -0.3 is 10.7 Å². The highest BCUT2D eigenvalue weighted by Gasteiger charge is 2.27. The fourth-order valence-corrected chi connectivity index (χ4v) is 2.82. The molecule has 5 nitrogen and oxygen atoms in total. The zero-order valence-electron chi connectivity index (χ0n) is 10.8. The summed E-state index contributed by atoms with van der Waals surface area (Å²) in [6, 6.07) is 4.23. The maximum Gasteiger partial charge on any atom is 0.145 e. The molecule has 0 unspecified atom stereocenters. The summed E-state index contributed by atoms with van der Waals surface area (Å²) in [5, 5.41) is 3.33. The van der Waals surface area contributed by atoms with Crippen LogP contribution in [0.5, 0.6) is 0 Å². The van der Waals surface area contributed by atoms with E-state index in [1.807, 2.05) is 0 Å². The molecule has 4 N–H and O–H groups in total. The molecule has 3 rings (SSSR count). The number of aromatic nitrogens is 2. The number of halogens is 3. The molecular weight excluding hydrogens is 361 g/mol. The predicted octanol–water partition coefficient (Wildman–Crippen LogP) is 3.94. The number of hydrogen-bond donors (Lipinski definition) is 3. The molecule has 0 aliphatic heterocycles. The summed E-state index contributed by atoms with van der Waals surface area (Å²) in [4.78, 5) is 8.77. The molecule has 0 spiro atoms. The minimum Gasteiger partial charge on any atom is -0.338 e. The Labute approximate surface area is 134 Å². The van der Waals surface area contributed by atoms with Crippen molar-refractivity contribution in [2.75, 3.05) is 10.7 Å². The molecule has 1 aromatic heterocycles. The Balaban J connectivity index is 1.96. The Morgan fingerprint density at radius 2 is 1.95 bits per heavy atom. The summed E-state index contributed by atoms with van der Waals surface area (Å²) >= 11 is 9.34. The molecular formula is C13H12BrClFN5. The van der Waals surface area contributed by atoms with Crippen molar-refractivity contribution in [2.45, 2.75) is 18.8 Å². The second kappa shape index (κ2) is 5.75. The van der Waals surface area contributed by atoms with Gasteiger partial charge >= 0.3 is 0 Å². The van der Waals surface area contributed by atoms with Crippen molar-refractivity contribution in [2.24, 2.45) is 5.84 Å². The van der Waals surface area contributed by atoms with Gasteiger partial charge in [0.15, 0.2) is 0 Å². The van der Waals surface area contributed by atoms with Gasteiger partial charge in [-0.05, 0) is 40.9 Å².